The van der Waals surface area contributed by atoms with E-state index in [4.69, 9.17) is 0 Å². The van der Waals surface area contributed by atoms with Crippen molar-refractivity contribution < 1.29 is 0 Å². The maximum Gasteiger partial charge on any atom is 0.0725 e. The Labute approximate surface area is 543 Å². The molecule has 4 aliphatic rings. The van der Waals surface area contributed by atoms with Crippen LogP contribution in [0.1, 0.15) is 44.5 Å². The van der Waals surface area contributed by atoms with Crippen molar-refractivity contribution >= 4 is 97.3 Å². The van der Waals surface area contributed by atoms with Crippen LogP contribution in [0.15, 0.2) is 324 Å². The molecule has 3 nitrogen and oxygen atoms in total. The molecule has 17 aromatic rings. The van der Waals surface area contributed by atoms with E-state index < -0.39 is 5.41 Å². The van der Waals surface area contributed by atoms with Gasteiger partial charge in [0.05, 0.1) is 32.9 Å². The van der Waals surface area contributed by atoms with Gasteiger partial charge in [0, 0.05) is 63.7 Å². The van der Waals surface area contributed by atoms with Crippen LogP contribution in [0.3, 0.4) is 0 Å². The second-order valence-electron chi connectivity index (χ2n) is 24.5. The number of nitrogens with zero attached hydrogens (tertiary/aromatic N) is 2. The number of benzene rings is 14. The van der Waals surface area contributed by atoms with Gasteiger partial charge in [0.15, 0.2) is 0 Å². The van der Waals surface area contributed by atoms with Gasteiger partial charge in [-0.25, -0.2) is 0 Å². The molecule has 426 valence electrons. The summed E-state index contributed by atoms with van der Waals surface area (Å²) < 4.78 is 7.12. The zero-order valence-corrected chi connectivity index (χ0v) is 52.3. The van der Waals surface area contributed by atoms with Crippen molar-refractivity contribution in [2.45, 2.75) is 10.8 Å². The van der Waals surface area contributed by atoms with E-state index in [2.05, 4.69) is 361 Å². The monoisotopic (exact) mass is 1290 g/mol. The number of para-hydroxylation sites is 6. The molecule has 3 aromatic heterocycles. The summed E-state index contributed by atoms with van der Waals surface area (Å²) in [5.41, 5.74) is 30.5. The topological polar surface area (TPSA) is 25.6 Å². The number of H-pyrrole nitrogens is 1. The fraction of sp³-hybridized carbons (Fsp3) is 0.0233. The summed E-state index contributed by atoms with van der Waals surface area (Å²) in [5.74, 6) is 0. The van der Waals surface area contributed by atoms with E-state index in [0.29, 0.717) is 0 Å². The van der Waals surface area contributed by atoms with Gasteiger partial charge in [-0.15, -0.1) is 0 Å². The molecule has 91 heavy (non-hydrogen) atoms. The molecule has 0 atom stereocenters. The Morgan fingerprint density at radius 3 is 0.813 bits per heavy atom. The average Bonchev–Trinajstić information content (AvgIpc) is 1.52. The van der Waals surface area contributed by atoms with Crippen molar-refractivity contribution in [1.29, 1.82) is 0 Å². The van der Waals surface area contributed by atoms with Gasteiger partial charge in [0.2, 0.25) is 0 Å². The second kappa shape index (κ2) is 20.0. The first kappa shape index (κ1) is 52.4. The quantitative estimate of drug-likeness (QED) is 0.179. The SMILES string of the molecule is Brc1ccc2c(c1)-c1cc(Br)ccc1C21c2ccccc2-c2ccccc21.c1ccc2c(c1)-c1ccccc1C21c2ccc(-n3c4ccccc4c4ccccc43)cc2-c2cc(-n3c4ccccc4c4ccccc43)ccc21.c1ccc2c(c1)[nH]c1ccccc12. The van der Waals surface area contributed by atoms with E-state index in [1.54, 1.807) is 0 Å². The normalized spacial score (nSPS) is 13.6. The highest BCUT2D eigenvalue weighted by molar-refractivity contribution is 9.10. The van der Waals surface area contributed by atoms with Crippen molar-refractivity contribution in [2.24, 2.45) is 0 Å². The number of fused-ring (bicyclic) bond motifs is 29. The largest absolute Gasteiger partial charge is 0.355 e. The molecule has 0 amide bonds. The lowest BCUT2D eigenvalue weighted by molar-refractivity contribution is 0.793. The van der Waals surface area contributed by atoms with Gasteiger partial charge in [-0.1, -0.05) is 262 Å². The standard InChI is InChI=1S/C49H30N2.C25H14Br2.C12H9N/c1-7-19-41-33(13-1)34-14-2-8-20-42(34)49(41)43-27-25-31(50-45-21-9-3-15-35(45)36-16-4-10-22-46(36)50)29-39(43)40-30-32(26-28-44(40)49)51-47-23-11-5-17-37(47)38-18-6-12-24-48(38)51;26-15-9-11-23-19(13-15)20-14-16(27)10-12-24(20)25(23)21-7-3-1-5-17(21)18-6-2-4-8-22(18)25;1-3-7-11-9(5-1)10-6-2-4-8-12(10)13-11/h1-30H;1-14H;1-8,13H. The van der Waals surface area contributed by atoms with Crippen LogP contribution in [0.25, 0.3) is 121 Å². The fourth-order valence-electron chi connectivity index (χ4n) is 16.7. The zero-order valence-electron chi connectivity index (χ0n) is 49.2. The van der Waals surface area contributed by atoms with Crippen molar-refractivity contribution in [1.82, 2.24) is 14.1 Å². The summed E-state index contributed by atoms with van der Waals surface area (Å²) in [4.78, 5) is 3.38. The molecule has 0 saturated heterocycles. The summed E-state index contributed by atoms with van der Waals surface area (Å²) in [7, 11) is 0. The molecule has 14 aromatic carbocycles. The van der Waals surface area contributed by atoms with Crippen molar-refractivity contribution in [2.75, 3.05) is 0 Å². The molecule has 1 N–H and O–H groups in total. The van der Waals surface area contributed by atoms with Gasteiger partial charge in [0.1, 0.15) is 0 Å². The number of rotatable bonds is 2. The third-order valence-corrected chi connectivity index (χ3v) is 21.1. The Balaban J connectivity index is 0.000000122. The first-order valence-corrected chi connectivity index (χ1v) is 32.8. The number of nitrogens with one attached hydrogen (secondary N) is 1. The number of hydrogen-bond acceptors (Lipinski definition) is 0. The smallest absolute Gasteiger partial charge is 0.0725 e. The average molecular weight is 1290 g/mol. The summed E-state index contributed by atoms with van der Waals surface area (Å²) in [5, 5.41) is 7.71. The molecule has 3 heterocycles. The van der Waals surface area contributed by atoms with Crippen molar-refractivity contribution in [3.8, 4) is 55.9 Å². The number of hydrogen-bond donors (Lipinski definition) is 1. The van der Waals surface area contributed by atoms with Gasteiger partial charge in [-0.3, -0.25) is 0 Å². The van der Waals surface area contributed by atoms with Crippen LogP contribution in [-0.2, 0) is 10.8 Å². The van der Waals surface area contributed by atoms with E-state index >= 15 is 0 Å². The van der Waals surface area contributed by atoms with Gasteiger partial charge in [-0.2, -0.15) is 0 Å². The van der Waals surface area contributed by atoms with Crippen LogP contribution in [0.2, 0.25) is 0 Å². The van der Waals surface area contributed by atoms with E-state index in [1.807, 2.05) is 0 Å². The number of aromatic nitrogens is 3. The molecular formula is C86H53Br2N3. The molecule has 4 aliphatic carbocycles. The van der Waals surface area contributed by atoms with Gasteiger partial charge in [-0.05, 0) is 174 Å². The zero-order chi connectivity index (χ0) is 60.1. The highest BCUT2D eigenvalue weighted by atomic mass is 79.9. The molecule has 0 aliphatic heterocycles. The Kier molecular flexibility index (Phi) is 11.5. The minimum Gasteiger partial charge on any atom is -0.355 e. The third-order valence-electron chi connectivity index (χ3n) is 20.2. The summed E-state index contributed by atoms with van der Waals surface area (Å²) in [6, 6.07) is 116. The van der Waals surface area contributed by atoms with Gasteiger partial charge >= 0.3 is 0 Å². The predicted octanol–water partition coefficient (Wildman–Crippen LogP) is 23.1. The van der Waals surface area contributed by atoms with Crippen LogP contribution in [0.5, 0.6) is 0 Å². The van der Waals surface area contributed by atoms with E-state index in [0.717, 1.165) is 8.95 Å². The molecule has 0 radical (unpaired) electrons. The maximum atomic E-state index is 3.68. The Morgan fingerprint density at radius 2 is 0.473 bits per heavy atom. The van der Waals surface area contributed by atoms with Gasteiger partial charge < -0.3 is 14.1 Å². The molecule has 21 rings (SSSR count). The van der Waals surface area contributed by atoms with Crippen LogP contribution in [-0.4, -0.2) is 14.1 Å². The van der Waals surface area contributed by atoms with Crippen LogP contribution in [0.4, 0.5) is 0 Å². The lowest BCUT2D eigenvalue weighted by Gasteiger charge is -2.30. The molecular weight excluding hydrogens is 1230 g/mol. The minimum atomic E-state index is -0.406. The first-order valence-electron chi connectivity index (χ1n) is 31.2. The lowest BCUT2D eigenvalue weighted by Crippen LogP contribution is -2.25. The lowest BCUT2D eigenvalue weighted by atomic mass is 9.70. The third kappa shape index (κ3) is 7.30. The highest BCUT2D eigenvalue weighted by Crippen LogP contribution is 2.65. The molecule has 0 bridgehead atoms. The van der Waals surface area contributed by atoms with Crippen LogP contribution >= 0.6 is 31.9 Å². The first-order chi connectivity index (χ1) is 45.0. The predicted molar refractivity (Wildman–Crippen MR) is 385 cm³/mol. The number of aromatic amines is 1. The molecule has 0 unspecified atom stereocenters. The van der Waals surface area contributed by atoms with Crippen molar-refractivity contribution in [3.63, 3.8) is 0 Å². The van der Waals surface area contributed by atoms with E-state index in [-0.39, 0.29) is 5.41 Å². The molecule has 5 heteroatoms. The molecule has 2 spiro atoms. The Bertz CT molecular complexity index is 5450. The number of halogens is 2. The summed E-state index contributed by atoms with van der Waals surface area (Å²) in [6.45, 7) is 0. The van der Waals surface area contributed by atoms with E-state index in [1.165, 1.54) is 166 Å². The van der Waals surface area contributed by atoms with Crippen molar-refractivity contribution in [3.05, 3.63) is 369 Å². The van der Waals surface area contributed by atoms with E-state index in [9.17, 15) is 0 Å². The Morgan fingerprint density at radius 1 is 0.220 bits per heavy atom. The van der Waals surface area contributed by atoms with Crippen LogP contribution in [0, 0.1) is 0 Å². The fourth-order valence-corrected chi connectivity index (χ4v) is 17.4. The molecule has 0 saturated carbocycles. The summed E-state index contributed by atoms with van der Waals surface area (Å²) in [6.07, 6.45) is 0. The maximum absolute atomic E-state index is 3.68. The Hall–Kier alpha value is -10.6. The van der Waals surface area contributed by atoms with Crippen LogP contribution < -0.4 is 0 Å². The second-order valence-corrected chi connectivity index (χ2v) is 26.3. The highest BCUT2D eigenvalue weighted by Gasteiger charge is 2.53. The summed E-state index contributed by atoms with van der Waals surface area (Å²) >= 11 is 7.37. The minimum absolute atomic E-state index is 0.237. The van der Waals surface area contributed by atoms with Gasteiger partial charge in [0.25, 0.3) is 0 Å². The molecule has 0 fully saturated rings.